The average Bonchev–Trinajstić information content (AvgIpc) is 2.64. The van der Waals surface area contributed by atoms with Crippen molar-refractivity contribution in [2.75, 3.05) is 0 Å². The minimum Gasteiger partial charge on any atom is -0.458 e. The molecular weight excluding hydrogens is 268 g/mol. The number of carbonyl (C=O) groups excluding carboxylic acids is 2. The molecular formula is C17H22O4. The van der Waals surface area contributed by atoms with Crippen LogP contribution in [-0.2, 0) is 19.1 Å². The van der Waals surface area contributed by atoms with Gasteiger partial charge in [0.25, 0.3) is 0 Å². The molecule has 0 aromatic rings. The first-order valence-corrected chi connectivity index (χ1v) is 7.28. The Balaban J connectivity index is 2.27. The Morgan fingerprint density at radius 2 is 2.14 bits per heavy atom. The van der Waals surface area contributed by atoms with Gasteiger partial charge in [0.05, 0.1) is 0 Å². The average molecular weight is 290 g/mol. The Hall–Kier alpha value is -1.84. The summed E-state index contributed by atoms with van der Waals surface area (Å²) in [4.78, 5) is 23.1. The SMILES string of the molecule is C=C1C(=O)O[C@H]2C/C(C)=C/CCC(=C)[C@H](OC(C)=O)C[C@H]12. The first-order chi connectivity index (χ1) is 9.88. The summed E-state index contributed by atoms with van der Waals surface area (Å²) in [6.07, 6.45) is 4.38. The summed E-state index contributed by atoms with van der Waals surface area (Å²) in [5.74, 6) is -0.804. The van der Waals surface area contributed by atoms with Crippen LogP contribution >= 0.6 is 0 Å². The van der Waals surface area contributed by atoms with Crippen molar-refractivity contribution in [2.24, 2.45) is 5.92 Å². The van der Waals surface area contributed by atoms with Crippen LogP contribution in [0.3, 0.4) is 0 Å². The fourth-order valence-corrected chi connectivity index (χ4v) is 2.94. The zero-order valence-electron chi connectivity index (χ0n) is 12.7. The number of fused-ring (bicyclic) bond motifs is 1. The standard InChI is InChI=1S/C17H22O4/c1-10-6-5-7-11(2)15(20-13(4)18)9-14-12(3)17(19)21-16(14)8-10/h6,14-16H,2-3,5,7-9H2,1,4H3/b10-6+/t14-,15-,16+/m1/s1. The van der Waals surface area contributed by atoms with Crippen molar-refractivity contribution in [1.29, 1.82) is 0 Å². The van der Waals surface area contributed by atoms with E-state index in [-0.39, 0.29) is 30.1 Å². The van der Waals surface area contributed by atoms with Crippen molar-refractivity contribution in [1.82, 2.24) is 0 Å². The van der Waals surface area contributed by atoms with Crippen molar-refractivity contribution >= 4 is 11.9 Å². The monoisotopic (exact) mass is 290 g/mol. The highest BCUT2D eigenvalue weighted by molar-refractivity contribution is 5.90. The van der Waals surface area contributed by atoms with Gasteiger partial charge in [-0.3, -0.25) is 4.79 Å². The second kappa shape index (κ2) is 6.29. The maximum Gasteiger partial charge on any atom is 0.334 e. The summed E-state index contributed by atoms with van der Waals surface area (Å²) in [7, 11) is 0. The van der Waals surface area contributed by atoms with Gasteiger partial charge in [0, 0.05) is 24.8 Å². The molecule has 0 unspecified atom stereocenters. The molecule has 2 aliphatic rings. The van der Waals surface area contributed by atoms with E-state index in [9.17, 15) is 9.59 Å². The molecule has 1 fully saturated rings. The molecule has 0 bridgehead atoms. The van der Waals surface area contributed by atoms with E-state index in [1.807, 2.05) is 6.92 Å². The summed E-state index contributed by atoms with van der Waals surface area (Å²) in [5.41, 5.74) is 2.55. The summed E-state index contributed by atoms with van der Waals surface area (Å²) in [6, 6.07) is 0. The molecule has 3 atom stereocenters. The Labute approximate surface area is 125 Å². The molecule has 1 saturated heterocycles. The largest absolute Gasteiger partial charge is 0.458 e. The molecule has 1 aliphatic carbocycles. The second-order valence-corrected chi connectivity index (χ2v) is 5.86. The Kier molecular flexibility index (Phi) is 4.66. The molecule has 4 nitrogen and oxygen atoms in total. The molecule has 2 rings (SSSR count). The number of ether oxygens (including phenoxy) is 2. The molecule has 114 valence electrons. The lowest BCUT2D eigenvalue weighted by Gasteiger charge is -2.26. The molecule has 0 aromatic carbocycles. The van der Waals surface area contributed by atoms with E-state index in [0.29, 0.717) is 18.4 Å². The van der Waals surface area contributed by atoms with Crippen LogP contribution in [0.15, 0.2) is 36.0 Å². The third-order valence-electron chi connectivity index (χ3n) is 4.13. The van der Waals surface area contributed by atoms with Crippen LogP contribution in [0.5, 0.6) is 0 Å². The van der Waals surface area contributed by atoms with E-state index in [1.54, 1.807) is 0 Å². The molecule has 0 spiro atoms. The summed E-state index contributed by atoms with van der Waals surface area (Å²) < 4.78 is 10.8. The molecule has 1 heterocycles. The normalized spacial score (nSPS) is 32.8. The van der Waals surface area contributed by atoms with Gasteiger partial charge in [0.1, 0.15) is 12.2 Å². The van der Waals surface area contributed by atoms with Gasteiger partial charge in [-0.05, 0) is 31.8 Å². The lowest BCUT2D eigenvalue weighted by molar-refractivity contribution is -0.146. The van der Waals surface area contributed by atoms with E-state index < -0.39 is 0 Å². The van der Waals surface area contributed by atoms with E-state index in [2.05, 4.69) is 19.2 Å². The topological polar surface area (TPSA) is 52.6 Å². The molecule has 0 N–H and O–H groups in total. The zero-order chi connectivity index (χ0) is 15.6. The predicted octanol–water partition coefficient (Wildman–Crippen LogP) is 3.09. The van der Waals surface area contributed by atoms with Crippen molar-refractivity contribution in [3.05, 3.63) is 36.0 Å². The maximum atomic E-state index is 11.8. The molecule has 0 saturated carbocycles. The number of carbonyl (C=O) groups is 2. The molecule has 0 aromatic heterocycles. The fraction of sp³-hybridized carbons (Fsp3) is 0.529. The van der Waals surface area contributed by atoms with Crippen LogP contribution in [0.25, 0.3) is 0 Å². The minimum absolute atomic E-state index is 0.125. The third-order valence-corrected chi connectivity index (χ3v) is 4.13. The quantitative estimate of drug-likeness (QED) is 0.423. The van der Waals surface area contributed by atoms with Crippen molar-refractivity contribution < 1.29 is 19.1 Å². The second-order valence-electron chi connectivity index (χ2n) is 5.86. The van der Waals surface area contributed by atoms with Gasteiger partial charge in [-0.25, -0.2) is 4.79 Å². The number of esters is 2. The van der Waals surface area contributed by atoms with Gasteiger partial charge in [-0.1, -0.05) is 24.8 Å². The Bertz CT molecular complexity index is 515. The van der Waals surface area contributed by atoms with Gasteiger partial charge in [0.15, 0.2) is 0 Å². The predicted molar refractivity (Wildman–Crippen MR) is 79.4 cm³/mol. The maximum absolute atomic E-state index is 11.8. The van der Waals surface area contributed by atoms with Gasteiger partial charge in [-0.15, -0.1) is 0 Å². The lowest BCUT2D eigenvalue weighted by Crippen LogP contribution is -2.27. The molecule has 21 heavy (non-hydrogen) atoms. The highest BCUT2D eigenvalue weighted by Crippen LogP contribution is 2.37. The van der Waals surface area contributed by atoms with Gasteiger partial charge in [0.2, 0.25) is 0 Å². The van der Waals surface area contributed by atoms with Crippen LogP contribution < -0.4 is 0 Å². The number of allylic oxidation sites excluding steroid dienone is 1. The van der Waals surface area contributed by atoms with Crippen LogP contribution in [0.2, 0.25) is 0 Å². The third kappa shape index (κ3) is 3.63. The van der Waals surface area contributed by atoms with Crippen molar-refractivity contribution in [3.63, 3.8) is 0 Å². The van der Waals surface area contributed by atoms with E-state index in [0.717, 1.165) is 18.4 Å². The number of hydrogen-bond acceptors (Lipinski definition) is 4. The Morgan fingerprint density at radius 1 is 1.43 bits per heavy atom. The van der Waals surface area contributed by atoms with E-state index in [1.165, 1.54) is 12.5 Å². The molecule has 1 aliphatic heterocycles. The highest BCUT2D eigenvalue weighted by Gasteiger charge is 2.40. The number of rotatable bonds is 1. The molecule has 0 amide bonds. The first-order valence-electron chi connectivity index (χ1n) is 7.28. The zero-order valence-corrected chi connectivity index (χ0v) is 12.7. The smallest absolute Gasteiger partial charge is 0.334 e. The van der Waals surface area contributed by atoms with Crippen LogP contribution in [0.4, 0.5) is 0 Å². The van der Waals surface area contributed by atoms with E-state index >= 15 is 0 Å². The summed E-state index contributed by atoms with van der Waals surface area (Å²) in [6.45, 7) is 11.3. The van der Waals surface area contributed by atoms with E-state index in [4.69, 9.17) is 9.47 Å². The van der Waals surface area contributed by atoms with Crippen LogP contribution in [0, 0.1) is 5.92 Å². The van der Waals surface area contributed by atoms with Crippen molar-refractivity contribution in [2.45, 2.75) is 51.7 Å². The Morgan fingerprint density at radius 3 is 2.81 bits per heavy atom. The lowest BCUT2D eigenvalue weighted by atomic mass is 9.84. The van der Waals surface area contributed by atoms with Crippen LogP contribution in [-0.4, -0.2) is 24.1 Å². The first kappa shape index (κ1) is 15.5. The van der Waals surface area contributed by atoms with Gasteiger partial charge < -0.3 is 9.47 Å². The molecule has 0 radical (unpaired) electrons. The van der Waals surface area contributed by atoms with Gasteiger partial charge in [-0.2, -0.15) is 0 Å². The highest BCUT2D eigenvalue weighted by atomic mass is 16.6. The van der Waals surface area contributed by atoms with Gasteiger partial charge >= 0.3 is 11.9 Å². The molecule has 4 heteroatoms. The summed E-state index contributed by atoms with van der Waals surface area (Å²) >= 11 is 0. The van der Waals surface area contributed by atoms with Crippen LogP contribution in [0.1, 0.15) is 39.5 Å². The summed E-state index contributed by atoms with van der Waals surface area (Å²) in [5, 5.41) is 0. The van der Waals surface area contributed by atoms with Crippen molar-refractivity contribution in [3.8, 4) is 0 Å². The minimum atomic E-state index is -0.381. The number of hydrogen-bond donors (Lipinski definition) is 0. The fourth-order valence-electron chi connectivity index (χ4n) is 2.94.